The molecule has 0 aliphatic heterocycles. The molecule has 1 aromatic rings. The summed E-state index contributed by atoms with van der Waals surface area (Å²) in [6, 6.07) is 1.74. The highest BCUT2D eigenvalue weighted by Gasteiger charge is 2.33. The van der Waals surface area contributed by atoms with Crippen molar-refractivity contribution in [2.24, 2.45) is 7.05 Å². The Bertz CT molecular complexity index is 583. The molecule has 0 aliphatic carbocycles. The molecule has 1 heterocycles. The van der Waals surface area contributed by atoms with Crippen LogP contribution in [0, 0.1) is 0 Å². The summed E-state index contributed by atoms with van der Waals surface area (Å²) in [4.78, 5) is 0.328. The van der Waals surface area contributed by atoms with Crippen molar-refractivity contribution in [2.75, 3.05) is 13.1 Å². The third-order valence-electron chi connectivity index (χ3n) is 3.27. The predicted molar refractivity (Wildman–Crippen MR) is 86.6 cm³/mol. The first-order valence-electron chi connectivity index (χ1n) is 7.14. The van der Waals surface area contributed by atoms with E-state index in [2.05, 4.69) is 11.9 Å². The van der Waals surface area contributed by atoms with Gasteiger partial charge in [0.25, 0.3) is 0 Å². The monoisotopic (exact) mass is 313 g/mol. The molecule has 0 fully saturated rings. The molecule has 1 aromatic heterocycles. The van der Waals surface area contributed by atoms with Crippen LogP contribution in [0.25, 0.3) is 0 Å². The first-order chi connectivity index (χ1) is 9.64. The lowest BCUT2D eigenvalue weighted by molar-refractivity contribution is 0.270. The van der Waals surface area contributed by atoms with Crippen molar-refractivity contribution in [1.82, 2.24) is 14.2 Å². The van der Waals surface area contributed by atoms with Crippen molar-refractivity contribution in [1.29, 1.82) is 0 Å². The number of aryl methyl sites for hydroxylation is 1. The zero-order valence-electron chi connectivity index (χ0n) is 13.7. The Kier molecular flexibility index (Phi) is 5.78. The van der Waals surface area contributed by atoms with Crippen molar-refractivity contribution in [3.63, 3.8) is 0 Å². The minimum atomic E-state index is -3.53. The second-order valence-electron chi connectivity index (χ2n) is 6.05. The number of aromatic nitrogens is 1. The average Bonchev–Trinajstić information content (AvgIpc) is 2.74. The Labute approximate surface area is 128 Å². The average molecular weight is 313 g/mol. The largest absolute Gasteiger partial charge is 0.352 e. The molecule has 21 heavy (non-hydrogen) atoms. The van der Waals surface area contributed by atoms with E-state index in [0.29, 0.717) is 18.0 Å². The van der Waals surface area contributed by atoms with Crippen LogP contribution in [0.5, 0.6) is 0 Å². The van der Waals surface area contributed by atoms with Crippen LogP contribution in [0.4, 0.5) is 0 Å². The van der Waals surface area contributed by atoms with Crippen LogP contribution in [-0.4, -0.2) is 35.9 Å². The summed E-state index contributed by atoms with van der Waals surface area (Å²) in [5, 5.41) is 3.21. The van der Waals surface area contributed by atoms with Crippen LogP contribution < -0.4 is 5.32 Å². The van der Waals surface area contributed by atoms with Crippen molar-refractivity contribution >= 4 is 10.0 Å². The minimum Gasteiger partial charge on any atom is -0.352 e. The summed E-state index contributed by atoms with van der Waals surface area (Å²) in [6.07, 6.45) is 3.29. The van der Waals surface area contributed by atoms with Gasteiger partial charge in [0.1, 0.15) is 4.90 Å². The maximum atomic E-state index is 12.9. The molecule has 0 saturated carbocycles. The van der Waals surface area contributed by atoms with Gasteiger partial charge in [-0.2, -0.15) is 4.31 Å². The molecule has 0 aromatic carbocycles. The first kappa shape index (κ1) is 17.9. The normalized spacial score (nSPS) is 12.9. The molecule has 1 rings (SSSR count). The molecule has 0 saturated heterocycles. The zero-order valence-corrected chi connectivity index (χ0v) is 14.5. The van der Waals surface area contributed by atoms with Gasteiger partial charge in [0.2, 0.25) is 10.0 Å². The summed E-state index contributed by atoms with van der Waals surface area (Å²) < 4.78 is 29.0. The lowest BCUT2D eigenvalue weighted by atomic mass is 10.1. The Hall–Kier alpha value is -1.11. The first-order valence-corrected chi connectivity index (χ1v) is 8.58. The molecule has 0 atom stereocenters. The molecule has 0 radical (unpaired) electrons. The van der Waals surface area contributed by atoms with E-state index in [4.69, 9.17) is 0 Å². The SMILES string of the molecule is C=CCN(C(C)(C)C)S(=O)(=O)c1cc(CNCC)n(C)c1. The van der Waals surface area contributed by atoms with Crippen LogP contribution in [0.2, 0.25) is 0 Å². The molecule has 0 bridgehead atoms. The highest BCUT2D eigenvalue weighted by molar-refractivity contribution is 7.89. The van der Waals surface area contributed by atoms with Gasteiger partial charge >= 0.3 is 0 Å². The number of rotatable bonds is 7. The molecule has 120 valence electrons. The molecule has 6 heteroatoms. The van der Waals surface area contributed by atoms with Gasteiger partial charge in [0.05, 0.1) is 0 Å². The maximum Gasteiger partial charge on any atom is 0.245 e. The van der Waals surface area contributed by atoms with Crippen LogP contribution >= 0.6 is 0 Å². The van der Waals surface area contributed by atoms with E-state index in [-0.39, 0.29) is 0 Å². The molecular formula is C15H27N3O2S. The zero-order chi connectivity index (χ0) is 16.3. The molecule has 1 N–H and O–H groups in total. The second kappa shape index (κ2) is 6.77. The van der Waals surface area contributed by atoms with Gasteiger partial charge in [0, 0.05) is 37.6 Å². The van der Waals surface area contributed by atoms with E-state index in [0.717, 1.165) is 12.2 Å². The maximum absolute atomic E-state index is 12.9. The van der Waals surface area contributed by atoms with E-state index >= 15 is 0 Å². The summed E-state index contributed by atoms with van der Waals surface area (Å²) in [6.45, 7) is 13.1. The molecule has 0 amide bonds. The quantitative estimate of drug-likeness (QED) is 0.785. The van der Waals surface area contributed by atoms with Crippen molar-refractivity contribution in [3.05, 3.63) is 30.6 Å². The fraction of sp³-hybridized carbons (Fsp3) is 0.600. The van der Waals surface area contributed by atoms with Crippen molar-refractivity contribution < 1.29 is 8.42 Å². The van der Waals surface area contributed by atoms with Gasteiger partial charge in [-0.05, 0) is 33.4 Å². The van der Waals surface area contributed by atoms with E-state index in [1.54, 1.807) is 18.3 Å². The molecule has 0 aliphatic rings. The van der Waals surface area contributed by atoms with Gasteiger partial charge in [-0.15, -0.1) is 6.58 Å². The van der Waals surface area contributed by atoms with Crippen molar-refractivity contribution in [2.45, 2.75) is 44.7 Å². The highest BCUT2D eigenvalue weighted by Crippen LogP contribution is 2.25. The van der Waals surface area contributed by atoms with E-state index in [1.165, 1.54) is 4.31 Å². The Morgan fingerprint density at radius 3 is 2.52 bits per heavy atom. The Balaban J connectivity index is 3.20. The lowest BCUT2D eigenvalue weighted by Gasteiger charge is -2.33. The smallest absolute Gasteiger partial charge is 0.245 e. The number of sulfonamides is 1. The van der Waals surface area contributed by atoms with Crippen LogP contribution in [-0.2, 0) is 23.6 Å². The van der Waals surface area contributed by atoms with Crippen LogP contribution in [0.3, 0.4) is 0 Å². The Morgan fingerprint density at radius 1 is 1.43 bits per heavy atom. The minimum absolute atomic E-state index is 0.295. The van der Waals surface area contributed by atoms with E-state index in [1.807, 2.05) is 39.3 Å². The highest BCUT2D eigenvalue weighted by atomic mass is 32.2. The van der Waals surface area contributed by atoms with Gasteiger partial charge in [-0.3, -0.25) is 0 Å². The van der Waals surface area contributed by atoms with Crippen LogP contribution in [0.15, 0.2) is 29.8 Å². The molecule has 0 spiro atoms. The van der Waals surface area contributed by atoms with Gasteiger partial charge in [-0.25, -0.2) is 8.42 Å². The topological polar surface area (TPSA) is 54.3 Å². The second-order valence-corrected chi connectivity index (χ2v) is 7.92. The summed E-state index contributed by atoms with van der Waals surface area (Å²) in [5.74, 6) is 0. The third-order valence-corrected chi connectivity index (χ3v) is 5.37. The van der Waals surface area contributed by atoms with Crippen LogP contribution in [0.1, 0.15) is 33.4 Å². The lowest BCUT2D eigenvalue weighted by Crippen LogP contribution is -2.45. The van der Waals surface area contributed by atoms with Gasteiger partial charge < -0.3 is 9.88 Å². The summed E-state index contributed by atoms with van der Waals surface area (Å²) in [5.41, 5.74) is 0.452. The summed E-state index contributed by atoms with van der Waals surface area (Å²) in [7, 11) is -1.67. The van der Waals surface area contributed by atoms with E-state index < -0.39 is 15.6 Å². The molecule has 0 unspecified atom stereocenters. The molecule has 5 nitrogen and oxygen atoms in total. The standard InChI is InChI=1S/C15H27N3O2S/c1-7-9-18(15(3,4)5)21(19,20)14-10-13(11-16-8-2)17(6)12-14/h7,10,12,16H,1,8-9,11H2,2-6H3. The number of nitrogens with one attached hydrogen (secondary N) is 1. The number of hydrogen-bond acceptors (Lipinski definition) is 3. The fourth-order valence-corrected chi connectivity index (χ4v) is 3.98. The van der Waals surface area contributed by atoms with Gasteiger partial charge in [0.15, 0.2) is 0 Å². The predicted octanol–water partition coefficient (Wildman–Crippen LogP) is 2.11. The molecular weight excluding hydrogens is 286 g/mol. The number of hydrogen-bond donors (Lipinski definition) is 1. The number of nitrogens with zero attached hydrogens (tertiary/aromatic N) is 2. The van der Waals surface area contributed by atoms with Gasteiger partial charge in [-0.1, -0.05) is 13.0 Å². The fourth-order valence-electron chi connectivity index (χ4n) is 2.12. The van der Waals surface area contributed by atoms with E-state index in [9.17, 15) is 8.42 Å². The third kappa shape index (κ3) is 4.18. The summed E-state index contributed by atoms with van der Waals surface area (Å²) >= 11 is 0. The van der Waals surface area contributed by atoms with Crippen molar-refractivity contribution in [3.8, 4) is 0 Å². The Morgan fingerprint density at radius 2 is 2.05 bits per heavy atom.